The van der Waals surface area contributed by atoms with Gasteiger partial charge in [0.25, 0.3) is 0 Å². The molecule has 0 aliphatic rings. The van der Waals surface area contributed by atoms with E-state index in [-0.39, 0.29) is 5.82 Å². The predicted molar refractivity (Wildman–Crippen MR) is 166 cm³/mol. The van der Waals surface area contributed by atoms with Crippen molar-refractivity contribution >= 4 is 10.8 Å². The molecule has 0 bridgehead atoms. The SMILES string of the molecule is CCCCCCc1ccc(CCc2ccc(C#Cc3ccc4cc(CCCCCC)ccc4c3F)cc2)cc1. The summed E-state index contributed by atoms with van der Waals surface area (Å²) in [5.74, 6) is 6.00. The van der Waals surface area contributed by atoms with Crippen LogP contribution in [0.1, 0.15) is 98.6 Å². The highest BCUT2D eigenvalue weighted by atomic mass is 19.1. The van der Waals surface area contributed by atoms with Gasteiger partial charge >= 0.3 is 0 Å². The van der Waals surface area contributed by atoms with E-state index in [0.717, 1.165) is 30.2 Å². The highest BCUT2D eigenvalue weighted by Gasteiger charge is 2.07. The van der Waals surface area contributed by atoms with Crippen LogP contribution in [0, 0.1) is 17.7 Å². The lowest BCUT2D eigenvalue weighted by Gasteiger charge is -2.06. The zero-order valence-corrected chi connectivity index (χ0v) is 23.9. The molecular formula is C38H43F. The lowest BCUT2D eigenvalue weighted by molar-refractivity contribution is 0.636. The number of hydrogen-bond donors (Lipinski definition) is 0. The number of rotatable bonds is 13. The smallest absolute Gasteiger partial charge is 0.146 e. The van der Waals surface area contributed by atoms with E-state index < -0.39 is 0 Å². The van der Waals surface area contributed by atoms with E-state index in [9.17, 15) is 0 Å². The average molecular weight is 519 g/mol. The van der Waals surface area contributed by atoms with Crippen LogP contribution in [0.15, 0.2) is 78.9 Å². The maximum absolute atomic E-state index is 15.2. The Bertz CT molecular complexity index is 1370. The summed E-state index contributed by atoms with van der Waals surface area (Å²) in [4.78, 5) is 0. The minimum absolute atomic E-state index is 0.221. The maximum atomic E-state index is 15.2. The van der Waals surface area contributed by atoms with E-state index in [0.29, 0.717) is 10.9 Å². The zero-order valence-electron chi connectivity index (χ0n) is 23.9. The molecule has 4 rings (SSSR count). The highest BCUT2D eigenvalue weighted by molar-refractivity contribution is 5.85. The molecule has 0 aliphatic carbocycles. The number of halogens is 1. The fourth-order valence-electron chi connectivity index (χ4n) is 5.16. The fraction of sp³-hybridized carbons (Fsp3) is 0.368. The van der Waals surface area contributed by atoms with Gasteiger partial charge in [-0.25, -0.2) is 4.39 Å². The molecule has 0 nitrogen and oxygen atoms in total. The molecule has 0 spiro atoms. The first kappa shape index (κ1) is 28.6. The fourth-order valence-corrected chi connectivity index (χ4v) is 5.16. The third-order valence-electron chi connectivity index (χ3n) is 7.68. The van der Waals surface area contributed by atoms with Crippen LogP contribution in [-0.4, -0.2) is 0 Å². The second-order valence-electron chi connectivity index (χ2n) is 10.9. The molecule has 0 saturated heterocycles. The van der Waals surface area contributed by atoms with Gasteiger partial charge < -0.3 is 0 Å². The number of unbranched alkanes of at least 4 members (excludes halogenated alkanes) is 6. The quantitative estimate of drug-likeness (QED) is 0.122. The number of benzene rings is 4. The van der Waals surface area contributed by atoms with Crippen LogP contribution >= 0.6 is 0 Å². The summed E-state index contributed by atoms with van der Waals surface area (Å²) in [5.41, 5.74) is 6.78. The van der Waals surface area contributed by atoms with Crippen molar-refractivity contribution in [1.29, 1.82) is 0 Å². The highest BCUT2D eigenvalue weighted by Crippen LogP contribution is 2.23. The molecule has 0 aliphatic heterocycles. The Labute approximate surface area is 235 Å². The molecule has 1 heteroatoms. The number of hydrogen-bond acceptors (Lipinski definition) is 0. The van der Waals surface area contributed by atoms with Gasteiger partial charge in [-0.05, 0) is 84.4 Å². The van der Waals surface area contributed by atoms with Gasteiger partial charge in [-0.15, -0.1) is 0 Å². The van der Waals surface area contributed by atoms with Crippen molar-refractivity contribution in [2.24, 2.45) is 0 Å². The number of aryl methyl sites for hydroxylation is 4. The van der Waals surface area contributed by atoms with E-state index in [4.69, 9.17) is 0 Å². The van der Waals surface area contributed by atoms with Gasteiger partial charge in [0.1, 0.15) is 5.82 Å². The topological polar surface area (TPSA) is 0 Å². The third-order valence-corrected chi connectivity index (χ3v) is 7.68. The van der Waals surface area contributed by atoms with Crippen LogP contribution < -0.4 is 0 Å². The Kier molecular flexibility index (Phi) is 11.2. The van der Waals surface area contributed by atoms with E-state index >= 15 is 4.39 Å². The molecule has 0 unspecified atom stereocenters. The van der Waals surface area contributed by atoms with Crippen LogP contribution in [0.25, 0.3) is 10.8 Å². The first-order chi connectivity index (χ1) is 19.2. The summed E-state index contributed by atoms with van der Waals surface area (Å²) < 4.78 is 15.2. The zero-order chi connectivity index (χ0) is 27.3. The van der Waals surface area contributed by atoms with Crippen molar-refractivity contribution in [2.45, 2.75) is 90.9 Å². The molecule has 0 N–H and O–H groups in total. The van der Waals surface area contributed by atoms with Gasteiger partial charge in [0.15, 0.2) is 0 Å². The molecule has 4 aromatic carbocycles. The molecule has 0 fully saturated rings. The van der Waals surface area contributed by atoms with Crippen molar-refractivity contribution in [3.8, 4) is 11.8 Å². The van der Waals surface area contributed by atoms with E-state index in [1.165, 1.54) is 80.0 Å². The molecule has 4 aromatic rings. The average Bonchev–Trinajstić information content (AvgIpc) is 2.97. The summed E-state index contributed by atoms with van der Waals surface area (Å²) >= 11 is 0. The van der Waals surface area contributed by atoms with E-state index in [1.54, 1.807) is 0 Å². The largest absolute Gasteiger partial charge is 0.205 e. The van der Waals surface area contributed by atoms with E-state index in [2.05, 4.69) is 74.2 Å². The molecule has 0 amide bonds. The van der Waals surface area contributed by atoms with Crippen LogP contribution in [-0.2, 0) is 25.7 Å². The first-order valence-electron chi connectivity index (χ1n) is 15.1. The normalized spacial score (nSPS) is 10.9. The Balaban J connectivity index is 1.31. The minimum Gasteiger partial charge on any atom is -0.205 e. The minimum atomic E-state index is -0.221. The molecule has 0 saturated carbocycles. The van der Waals surface area contributed by atoms with Gasteiger partial charge in [0, 0.05) is 10.9 Å². The van der Waals surface area contributed by atoms with Crippen LogP contribution in [0.3, 0.4) is 0 Å². The second kappa shape index (κ2) is 15.3. The third kappa shape index (κ3) is 8.83. The van der Waals surface area contributed by atoms with Crippen LogP contribution in [0.2, 0.25) is 0 Å². The van der Waals surface area contributed by atoms with Gasteiger partial charge in [-0.2, -0.15) is 0 Å². The van der Waals surface area contributed by atoms with Crippen molar-refractivity contribution < 1.29 is 4.39 Å². The Hall–Kier alpha value is -3.37. The van der Waals surface area contributed by atoms with Gasteiger partial charge in [0.2, 0.25) is 0 Å². The van der Waals surface area contributed by atoms with Crippen LogP contribution in [0.4, 0.5) is 4.39 Å². The van der Waals surface area contributed by atoms with Gasteiger partial charge in [-0.1, -0.05) is 125 Å². The lowest BCUT2D eigenvalue weighted by Crippen LogP contribution is -1.93. The predicted octanol–water partition coefficient (Wildman–Crippen LogP) is 10.4. The number of fused-ring (bicyclic) bond motifs is 1. The van der Waals surface area contributed by atoms with E-state index in [1.807, 2.05) is 30.3 Å². The maximum Gasteiger partial charge on any atom is 0.146 e. The summed E-state index contributed by atoms with van der Waals surface area (Å²) in [5, 5.41) is 1.61. The van der Waals surface area contributed by atoms with Crippen LogP contribution in [0.5, 0.6) is 0 Å². The summed E-state index contributed by atoms with van der Waals surface area (Å²) in [6, 6.07) is 27.5. The van der Waals surface area contributed by atoms with Crippen molar-refractivity contribution in [3.63, 3.8) is 0 Å². The molecule has 0 heterocycles. The van der Waals surface area contributed by atoms with Crippen molar-refractivity contribution in [3.05, 3.63) is 118 Å². The standard InChI is InChI=1S/C38H43F/c1-3-5-7-9-11-30-13-15-31(16-14-30)17-18-32-19-21-33(22-20-32)23-25-35-26-27-36-29-34(12-10-8-6-4-2)24-28-37(36)38(35)39/h13-16,19-22,24,26-29H,3-12,17-18H2,1-2H3. The molecule has 39 heavy (non-hydrogen) atoms. The van der Waals surface area contributed by atoms with Gasteiger partial charge in [-0.3, -0.25) is 0 Å². The lowest BCUT2D eigenvalue weighted by atomic mass is 10.00. The summed E-state index contributed by atoms with van der Waals surface area (Å²) in [6.07, 6.45) is 14.5. The summed E-state index contributed by atoms with van der Waals surface area (Å²) in [6.45, 7) is 4.48. The Morgan fingerprint density at radius 3 is 1.67 bits per heavy atom. The van der Waals surface area contributed by atoms with Gasteiger partial charge in [0.05, 0.1) is 5.56 Å². The Morgan fingerprint density at radius 1 is 0.513 bits per heavy atom. The molecule has 0 aromatic heterocycles. The second-order valence-corrected chi connectivity index (χ2v) is 10.9. The monoisotopic (exact) mass is 518 g/mol. The first-order valence-corrected chi connectivity index (χ1v) is 15.1. The molecule has 0 radical (unpaired) electrons. The molecule has 202 valence electrons. The van der Waals surface area contributed by atoms with Crippen molar-refractivity contribution in [1.82, 2.24) is 0 Å². The summed E-state index contributed by atoms with van der Waals surface area (Å²) in [7, 11) is 0. The molecule has 0 atom stereocenters. The Morgan fingerprint density at radius 2 is 1.05 bits per heavy atom. The van der Waals surface area contributed by atoms with Crippen molar-refractivity contribution in [2.75, 3.05) is 0 Å². The molecular weight excluding hydrogens is 475 g/mol.